The van der Waals surface area contributed by atoms with Crippen molar-refractivity contribution in [3.8, 4) is 0 Å². The third kappa shape index (κ3) is 7.68. The highest BCUT2D eigenvalue weighted by molar-refractivity contribution is 5.95. The average molecular weight is 406 g/mol. The Balaban J connectivity index is 0.00000392. The molecule has 0 saturated heterocycles. The predicted molar refractivity (Wildman–Crippen MR) is 113 cm³/mol. The second-order valence-corrected chi connectivity index (χ2v) is 6.67. The number of para-hydroxylation sites is 1. The monoisotopic (exact) mass is 405 g/mol. The maximum Gasteiger partial charge on any atom is 0.243 e. The fourth-order valence-electron chi connectivity index (χ4n) is 2.40. The number of halogens is 1. The number of carbonyl (C=O) groups excluding carboxylic acids is 2. The lowest BCUT2D eigenvalue weighted by atomic mass is 10.1. The zero-order valence-electron chi connectivity index (χ0n) is 16.2. The first kappa shape index (κ1) is 23.6. The summed E-state index contributed by atoms with van der Waals surface area (Å²) in [6.07, 6.45) is 0. The van der Waals surface area contributed by atoms with Crippen LogP contribution in [0, 0.1) is 5.92 Å². The van der Waals surface area contributed by atoms with Gasteiger partial charge in [0.1, 0.15) is 0 Å². The van der Waals surface area contributed by atoms with Gasteiger partial charge in [-0.1, -0.05) is 62.4 Å². The molecule has 2 amide bonds. The first-order chi connectivity index (χ1) is 13.0. The molecule has 0 aromatic heterocycles. The Morgan fingerprint density at radius 1 is 1.00 bits per heavy atom. The summed E-state index contributed by atoms with van der Waals surface area (Å²) in [6.45, 7) is 4.45. The molecule has 0 spiro atoms. The molecule has 0 aliphatic carbocycles. The molecule has 0 heterocycles. The number of rotatable bonds is 9. The molecule has 0 unspecified atom stereocenters. The first-order valence-electron chi connectivity index (χ1n) is 9.00. The van der Waals surface area contributed by atoms with E-state index in [1.54, 1.807) is 6.07 Å². The highest BCUT2D eigenvalue weighted by Crippen LogP contribution is 2.16. The second-order valence-electron chi connectivity index (χ2n) is 6.67. The molecule has 2 aromatic rings. The van der Waals surface area contributed by atoms with E-state index < -0.39 is 6.04 Å². The lowest BCUT2D eigenvalue weighted by Gasteiger charge is -2.16. The number of benzene rings is 2. The van der Waals surface area contributed by atoms with E-state index in [1.165, 1.54) is 0 Å². The van der Waals surface area contributed by atoms with E-state index in [9.17, 15) is 9.59 Å². The van der Waals surface area contributed by atoms with Crippen LogP contribution in [0.4, 0.5) is 5.69 Å². The standard InChI is InChI=1S/C21H27N3O3.ClH/c1-15(2)20(22)21(26)23-12-19(25)24-18-11-7-6-10-17(18)14-27-13-16-8-4-3-5-9-16;/h3-11,15,20H,12-14,22H2,1-2H3,(H,23,26)(H,24,25);1H/t20-;/m0./s1. The summed E-state index contributed by atoms with van der Waals surface area (Å²) in [5, 5.41) is 5.37. The van der Waals surface area contributed by atoms with Crippen molar-refractivity contribution in [1.82, 2.24) is 5.32 Å². The van der Waals surface area contributed by atoms with Crippen LogP contribution in [0.15, 0.2) is 54.6 Å². The summed E-state index contributed by atoms with van der Waals surface area (Å²) in [5.41, 5.74) is 8.38. The Bertz CT molecular complexity index is 754. The van der Waals surface area contributed by atoms with Gasteiger partial charge in [-0.15, -0.1) is 12.4 Å². The van der Waals surface area contributed by atoms with E-state index in [2.05, 4.69) is 10.6 Å². The number of anilines is 1. The molecule has 0 radical (unpaired) electrons. The van der Waals surface area contributed by atoms with Gasteiger partial charge < -0.3 is 21.1 Å². The second kappa shape index (κ2) is 12.1. The fourth-order valence-corrected chi connectivity index (χ4v) is 2.40. The van der Waals surface area contributed by atoms with E-state index in [-0.39, 0.29) is 36.7 Å². The lowest BCUT2D eigenvalue weighted by molar-refractivity contribution is -0.125. The van der Waals surface area contributed by atoms with E-state index >= 15 is 0 Å². The van der Waals surface area contributed by atoms with Crippen molar-refractivity contribution in [2.45, 2.75) is 33.1 Å². The summed E-state index contributed by atoms with van der Waals surface area (Å²) < 4.78 is 5.75. The van der Waals surface area contributed by atoms with Crippen LogP contribution in [0.2, 0.25) is 0 Å². The minimum Gasteiger partial charge on any atom is -0.372 e. The highest BCUT2D eigenvalue weighted by Gasteiger charge is 2.17. The molecular weight excluding hydrogens is 378 g/mol. The molecule has 1 atom stereocenters. The molecule has 0 bridgehead atoms. The molecule has 0 aliphatic rings. The average Bonchev–Trinajstić information content (AvgIpc) is 2.67. The van der Waals surface area contributed by atoms with Crippen molar-refractivity contribution in [2.75, 3.05) is 11.9 Å². The Morgan fingerprint density at radius 3 is 2.32 bits per heavy atom. The maximum absolute atomic E-state index is 12.1. The highest BCUT2D eigenvalue weighted by atomic mass is 35.5. The summed E-state index contributed by atoms with van der Waals surface area (Å²) in [5.74, 6) is -0.634. The smallest absolute Gasteiger partial charge is 0.243 e. The first-order valence-corrected chi connectivity index (χ1v) is 9.00. The van der Waals surface area contributed by atoms with Crippen LogP contribution >= 0.6 is 12.4 Å². The molecule has 2 rings (SSSR count). The summed E-state index contributed by atoms with van der Waals surface area (Å²) in [7, 11) is 0. The Hall–Kier alpha value is -2.41. The number of ether oxygens (including phenoxy) is 1. The van der Waals surface area contributed by atoms with Gasteiger partial charge in [-0.05, 0) is 17.5 Å². The van der Waals surface area contributed by atoms with Crippen LogP contribution < -0.4 is 16.4 Å². The summed E-state index contributed by atoms with van der Waals surface area (Å²) >= 11 is 0. The quantitative estimate of drug-likeness (QED) is 0.598. The van der Waals surface area contributed by atoms with E-state index in [0.717, 1.165) is 11.1 Å². The molecule has 4 N–H and O–H groups in total. The minimum atomic E-state index is -0.628. The van der Waals surface area contributed by atoms with Crippen LogP contribution in [0.5, 0.6) is 0 Å². The molecule has 7 heteroatoms. The number of nitrogens with two attached hydrogens (primary N) is 1. The zero-order chi connectivity index (χ0) is 19.6. The molecule has 28 heavy (non-hydrogen) atoms. The van der Waals surface area contributed by atoms with Gasteiger partial charge in [0.05, 0.1) is 25.8 Å². The maximum atomic E-state index is 12.1. The summed E-state index contributed by atoms with van der Waals surface area (Å²) in [6, 6.07) is 16.7. The lowest BCUT2D eigenvalue weighted by Crippen LogP contribution is -2.46. The third-order valence-electron chi connectivity index (χ3n) is 4.10. The van der Waals surface area contributed by atoms with Crippen LogP contribution in [-0.2, 0) is 27.5 Å². The number of hydrogen-bond donors (Lipinski definition) is 3. The van der Waals surface area contributed by atoms with Gasteiger partial charge in [0.25, 0.3) is 0 Å². The summed E-state index contributed by atoms with van der Waals surface area (Å²) in [4.78, 5) is 24.0. The SMILES string of the molecule is CC(C)[C@H](N)C(=O)NCC(=O)Nc1ccccc1COCc1ccccc1.Cl. The van der Waals surface area contributed by atoms with Crippen LogP contribution in [0.25, 0.3) is 0 Å². The molecule has 152 valence electrons. The van der Waals surface area contributed by atoms with E-state index in [1.807, 2.05) is 62.4 Å². The van der Waals surface area contributed by atoms with Crippen LogP contribution in [-0.4, -0.2) is 24.4 Å². The van der Waals surface area contributed by atoms with E-state index in [4.69, 9.17) is 10.5 Å². The van der Waals surface area contributed by atoms with E-state index in [0.29, 0.717) is 18.9 Å². The number of hydrogen-bond acceptors (Lipinski definition) is 4. The predicted octanol–water partition coefficient (Wildman–Crippen LogP) is 2.86. The molecule has 0 saturated carbocycles. The molecule has 6 nitrogen and oxygen atoms in total. The largest absolute Gasteiger partial charge is 0.372 e. The third-order valence-corrected chi connectivity index (χ3v) is 4.10. The van der Waals surface area contributed by atoms with Crippen LogP contribution in [0.1, 0.15) is 25.0 Å². The molecular formula is C21H28ClN3O3. The fraction of sp³-hybridized carbons (Fsp3) is 0.333. The topological polar surface area (TPSA) is 93.5 Å². The van der Waals surface area contributed by atoms with Crippen molar-refractivity contribution < 1.29 is 14.3 Å². The van der Waals surface area contributed by atoms with Gasteiger partial charge in [0.15, 0.2) is 0 Å². The Kier molecular flexibility index (Phi) is 10.2. The Morgan fingerprint density at radius 2 is 1.64 bits per heavy atom. The zero-order valence-corrected chi connectivity index (χ0v) is 17.0. The van der Waals surface area contributed by atoms with Gasteiger partial charge in [-0.2, -0.15) is 0 Å². The van der Waals surface area contributed by atoms with Gasteiger partial charge in [0, 0.05) is 11.3 Å². The number of nitrogens with one attached hydrogen (secondary N) is 2. The molecule has 2 aromatic carbocycles. The van der Waals surface area contributed by atoms with Gasteiger partial charge in [0.2, 0.25) is 11.8 Å². The van der Waals surface area contributed by atoms with Crippen molar-refractivity contribution >= 4 is 29.9 Å². The Labute approximate surface area is 172 Å². The van der Waals surface area contributed by atoms with Crippen LogP contribution in [0.3, 0.4) is 0 Å². The van der Waals surface area contributed by atoms with Crippen molar-refractivity contribution in [3.05, 3.63) is 65.7 Å². The molecule has 0 fully saturated rings. The van der Waals surface area contributed by atoms with Gasteiger partial charge in [-0.3, -0.25) is 9.59 Å². The normalized spacial score (nSPS) is 11.4. The van der Waals surface area contributed by atoms with Crippen molar-refractivity contribution in [3.63, 3.8) is 0 Å². The number of carbonyl (C=O) groups is 2. The van der Waals surface area contributed by atoms with Gasteiger partial charge in [-0.25, -0.2) is 0 Å². The van der Waals surface area contributed by atoms with Crippen molar-refractivity contribution in [2.24, 2.45) is 11.7 Å². The molecule has 0 aliphatic heterocycles. The number of amides is 2. The van der Waals surface area contributed by atoms with Gasteiger partial charge >= 0.3 is 0 Å². The van der Waals surface area contributed by atoms with Crippen molar-refractivity contribution in [1.29, 1.82) is 0 Å². The minimum absolute atomic E-state index is 0.